The van der Waals surface area contributed by atoms with E-state index < -0.39 is 0 Å². The van der Waals surface area contributed by atoms with Gasteiger partial charge in [0.2, 0.25) is 0 Å². The van der Waals surface area contributed by atoms with Gasteiger partial charge in [0.15, 0.2) is 0 Å². The Kier molecular flexibility index (Phi) is 4.45. The molecule has 1 aromatic heterocycles. The summed E-state index contributed by atoms with van der Waals surface area (Å²) in [4.78, 5) is 4.70. The molecule has 1 unspecified atom stereocenters. The summed E-state index contributed by atoms with van der Waals surface area (Å²) in [6.07, 6.45) is 0.770. The molecule has 3 aromatic rings. The van der Waals surface area contributed by atoms with Crippen molar-refractivity contribution in [2.24, 2.45) is 5.73 Å². The molecule has 0 spiro atoms. The van der Waals surface area contributed by atoms with Crippen LogP contribution in [-0.4, -0.2) is 11.5 Å². The van der Waals surface area contributed by atoms with Crippen LogP contribution >= 0.6 is 34.5 Å². The Morgan fingerprint density at radius 3 is 2.67 bits per heavy atom. The highest BCUT2D eigenvalue weighted by atomic mass is 35.5. The Bertz CT molecular complexity index is 737. The number of hydrogen-bond donors (Lipinski definition) is 1. The molecule has 1 atom stereocenters. The lowest BCUT2D eigenvalue weighted by molar-refractivity contribution is 0.690. The standard InChI is InChI=1S/C16H14Cl2N2S/c17-12-6-5-10(13(18)8-12)7-11(9-19)16-20-14-3-1-2-4-15(14)21-16/h1-6,8,11H,7,9,19H2. The molecule has 108 valence electrons. The van der Waals surface area contributed by atoms with Crippen molar-refractivity contribution in [1.29, 1.82) is 0 Å². The van der Waals surface area contributed by atoms with E-state index in [4.69, 9.17) is 33.9 Å². The number of rotatable bonds is 4. The van der Waals surface area contributed by atoms with E-state index in [9.17, 15) is 0 Å². The maximum absolute atomic E-state index is 6.25. The lowest BCUT2D eigenvalue weighted by atomic mass is 10.00. The van der Waals surface area contributed by atoms with Crippen LogP contribution in [-0.2, 0) is 6.42 Å². The molecule has 0 saturated heterocycles. The maximum atomic E-state index is 6.25. The molecule has 0 saturated carbocycles. The molecule has 2 aromatic carbocycles. The van der Waals surface area contributed by atoms with Crippen molar-refractivity contribution in [1.82, 2.24) is 4.98 Å². The second kappa shape index (κ2) is 6.32. The SMILES string of the molecule is NCC(Cc1ccc(Cl)cc1Cl)c1nc2ccccc2s1. The van der Waals surface area contributed by atoms with E-state index in [1.807, 2.05) is 30.3 Å². The summed E-state index contributed by atoms with van der Waals surface area (Å²) >= 11 is 13.9. The number of fused-ring (bicyclic) bond motifs is 1. The van der Waals surface area contributed by atoms with Crippen LogP contribution in [0.3, 0.4) is 0 Å². The van der Waals surface area contributed by atoms with Gasteiger partial charge in [-0.1, -0.05) is 41.4 Å². The predicted molar refractivity (Wildman–Crippen MR) is 91.6 cm³/mol. The van der Waals surface area contributed by atoms with Crippen molar-refractivity contribution < 1.29 is 0 Å². The van der Waals surface area contributed by atoms with Gasteiger partial charge < -0.3 is 5.73 Å². The largest absolute Gasteiger partial charge is 0.330 e. The molecule has 3 rings (SSSR count). The Balaban J connectivity index is 1.90. The van der Waals surface area contributed by atoms with Gasteiger partial charge in [-0.3, -0.25) is 0 Å². The number of thiazole rings is 1. The van der Waals surface area contributed by atoms with Crippen LogP contribution in [0.2, 0.25) is 10.0 Å². The van der Waals surface area contributed by atoms with E-state index in [1.165, 1.54) is 4.70 Å². The lowest BCUT2D eigenvalue weighted by Crippen LogP contribution is -2.15. The molecular weight excluding hydrogens is 323 g/mol. The third-order valence-electron chi connectivity index (χ3n) is 3.43. The van der Waals surface area contributed by atoms with Crippen LogP contribution in [0.5, 0.6) is 0 Å². The molecule has 2 nitrogen and oxygen atoms in total. The number of nitrogens with zero attached hydrogens (tertiary/aromatic N) is 1. The van der Waals surface area contributed by atoms with Crippen LogP contribution < -0.4 is 5.73 Å². The first-order valence-corrected chi connectivity index (χ1v) is 8.24. The summed E-state index contributed by atoms with van der Waals surface area (Å²) < 4.78 is 1.19. The summed E-state index contributed by atoms with van der Waals surface area (Å²) in [6.45, 7) is 0.540. The summed E-state index contributed by atoms with van der Waals surface area (Å²) in [5.41, 5.74) is 8.03. The van der Waals surface area contributed by atoms with Gasteiger partial charge in [-0.25, -0.2) is 4.98 Å². The van der Waals surface area contributed by atoms with E-state index in [2.05, 4.69) is 6.07 Å². The van der Waals surface area contributed by atoms with Gasteiger partial charge in [-0.2, -0.15) is 0 Å². The summed E-state index contributed by atoms with van der Waals surface area (Å²) in [5, 5.41) is 2.39. The zero-order valence-electron chi connectivity index (χ0n) is 11.2. The zero-order chi connectivity index (χ0) is 14.8. The lowest BCUT2D eigenvalue weighted by Gasteiger charge is -2.13. The number of halogens is 2. The fourth-order valence-electron chi connectivity index (χ4n) is 2.29. The van der Waals surface area contributed by atoms with Crippen molar-refractivity contribution >= 4 is 44.8 Å². The normalized spacial score (nSPS) is 12.7. The molecule has 0 radical (unpaired) electrons. The van der Waals surface area contributed by atoms with Gasteiger partial charge >= 0.3 is 0 Å². The fraction of sp³-hybridized carbons (Fsp3) is 0.188. The van der Waals surface area contributed by atoms with Crippen LogP contribution in [0.4, 0.5) is 0 Å². The highest BCUT2D eigenvalue weighted by Gasteiger charge is 2.17. The van der Waals surface area contributed by atoms with Crippen molar-refractivity contribution in [2.45, 2.75) is 12.3 Å². The third-order valence-corrected chi connectivity index (χ3v) is 5.21. The number of para-hydroxylation sites is 1. The monoisotopic (exact) mass is 336 g/mol. The van der Waals surface area contributed by atoms with Gasteiger partial charge in [0.25, 0.3) is 0 Å². The molecule has 0 amide bonds. The topological polar surface area (TPSA) is 38.9 Å². The second-order valence-electron chi connectivity index (χ2n) is 4.89. The van der Waals surface area contributed by atoms with Crippen molar-refractivity contribution in [3.63, 3.8) is 0 Å². The Labute approximate surface area is 137 Å². The van der Waals surface area contributed by atoms with Gasteiger partial charge in [-0.05, 0) is 36.2 Å². The summed E-state index contributed by atoms with van der Waals surface area (Å²) in [7, 11) is 0. The molecule has 1 heterocycles. The van der Waals surface area contributed by atoms with E-state index >= 15 is 0 Å². The highest BCUT2D eigenvalue weighted by molar-refractivity contribution is 7.18. The van der Waals surface area contributed by atoms with Gasteiger partial charge in [0.05, 0.1) is 15.2 Å². The minimum Gasteiger partial charge on any atom is -0.330 e. The molecule has 0 fully saturated rings. The zero-order valence-corrected chi connectivity index (χ0v) is 13.6. The fourth-order valence-corrected chi connectivity index (χ4v) is 3.85. The van der Waals surface area contributed by atoms with Crippen molar-refractivity contribution in [3.05, 3.63) is 63.1 Å². The number of nitrogens with two attached hydrogens (primary N) is 1. The van der Waals surface area contributed by atoms with Crippen LogP contribution in [0, 0.1) is 0 Å². The Hall–Kier alpha value is -1.13. The smallest absolute Gasteiger partial charge is 0.0985 e. The van der Waals surface area contributed by atoms with E-state index in [1.54, 1.807) is 17.4 Å². The van der Waals surface area contributed by atoms with Gasteiger partial charge in [-0.15, -0.1) is 11.3 Å². The van der Waals surface area contributed by atoms with Gasteiger partial charge in [0.1, 0.15) is 0 Å². The third kappa shape index (κ3) is 3.22. The quantitative estimate of drug-likeness (QED) is 0.736. The molecule has 5 heteroatoms. The van der Waals surface area contributed by atoms with E-state index in [-0.39, 0.29) is 5.92 Å². The van der Waals surface area contributed by atoms with Crippen LogP contribution in [0.25, 0.3) is 10.2 Å². The van der Waals surface area contributed by atoms with Crippen molar-refractivity contribution in [3.8, 4) is 0 Å². The average molecular weight is 337 g/mol. The van der Waals surface area contributed by atoms with E-state index in [0.29, 0.717) is 16.6 Å². The predicted octanol–water partition coefficient (Wildman–Crippen LogP) is 4.89. The molecule has 0 aliphatic rings. The van der Waals surface area contributed by atoms with E-state index in [0.717, 1.165) is 22.5 Å². The number of benzene rings is 2. The molecule has 0 aliphatic carbocycles. The average Bonchev–Trinajstić information content (AvgIpc) is 2.90. The van der Waals surface area contributed by atoms with Gasteiger partial charge in [0, 0.05) is 22.5 Å². The molecule has 0 aliphatic heterocycles. The molecule has 0 bridgehead atoms. The molecule has 2 N–H and O–H groups in total. The Morgan fingerprint density at radius 2 is 1.95 bits per heavy atom. The first-order chi connectivity index (χ1) is 10.2. The summed E-state index contributed by atoms with van der Waals surface area (Å²) in [6, 6.07) is 13.7. The molecule has 21 heavy (non-hydrogen) atoms. The number of aromatic nitrogens is 1. The maximum Gasteiger partial charge on any atom is 0.0985 e. The minimum atomic E-state index is 0.168. The first kappa shape index (κ1) is 14.8. The highest BCUT2D eigenvalue weighted by Crippen LogP contribution is 2.31. The summed E-state index contributed by atoms with van der Waals surface area (Å²) in [5.74, 6) is 0.168. The van der Waals surface area contributed by atoms with Crippen LogP contribution in [0.1, 0.15) is 16.5 Å². The first-order valence-electron chi connectivity index (χ1n) is 6.67. The Morgan fingerprint density at radius 1 is 1.14 bits per heavy atom. The number of hydrogen-bond acceptors (Lipinski definition) is 3. The van der Waals surface area contributed by atoms with Crippen LogP contribution in [0.15, 0.2) is 42.5 Å². The minimum absolute atomic E-state index is 0.168. The molecular formula is C16H14Cl2N2S. The second-order valence-corrected chi connectivity index (χ2v) is 6.80. The van der Waals surface area contributed by atoms with Crippen molar-refractivity contribution in [2.75, 3.05) is 6.54 Å².